The molecular formula is C24H30N8O3S. The monoisotopic (exact) mass is 510 g/mol. The van der Waals surface area contributed by atoms with Crippen LogP contribution in [0, 0.1) is 6.92 Å². The minimum atomic E-state index is -0.431. The van der Waals surface area contributed by atoms with Gasteiger partial charge in [0.2, 0.25) is 5.43 Å². The number of pyridine rings is 2. The Hall–Kier alpha value is -3.51. The van der Waals surface area contributed by atoms with Crippen molar-refractivity contribution in [2.24, 2.45) is 0 Å². The number of thioether (sulfide) groups is 1. The highest BCUT2D eigenvalue weighted by molar-refractivity contribution is 7.99. The lowest BCUT2D eigenvalue weighted by molar-refractivity contribution is 0.0950. The fourth-order valence-corrected chi connectivity index (χ4v) is 4.40. The van der Waals surface area contributed by atoms with E-state index in [0.717, 1.165) is 16.8 Å². The van der Waals surface area contributed by atoms with Gasteiger partial charge >= 0.3 is 0 Å². The average molecular weight is 511 g/mol. The predicted molar refractivity (Wildman–Crippen MR) is 141 cm³/mol. The van der Waals surface area contributed by atoms with Crippen LogP contribution in [0.3, 0.4) is 0 Å². The maximum Gasteiger partial charge on any atom is 0.256 e. The van der Waals surface area contributed by atoms with Gasteiger partial charge in [0.05, 0.1) is 30.1 Å². The van der Waals surface area contributed by atoms with Gasteiger partial charge < -0.3 is 19.9 Å². The van der Waals surface area contributed by atoms with E-state index >= 15 is 0 Å². The molecule has 4 aromatic heterocycles. The van der Waals surface area contributed by atoms with Gasteiger partial charge in [-0.1, -0.05) is 18.7 Å². The average Bonchev–Trinajstić information content (AvgIpc) is 3.27. The molecule has 0 atom stereocenters. The highest BCUT2D eigenvalue weighted by atomic mass is 32.2. The molecule has 4 aromatic rings. The number of carbonyl (C=O) groups is 1. The molecule has 0 bridgehead atoms. The van der Waals surface area contributed by atoms with Crippen molar-refractivity contribution in [1.29, 1.82) is 0 Å². The molecule has 0 unspecified atom stereocenters. The summed E-state index contributed by atoms with van der Waals surface area (Å²) in [5.74, 6) is 1.10. The summed E-state index contributed by atoms with van der Waals surface area (Å²) in [5.41, 5.74) is 1.83. The zero-order chi connectivity index (χ0) is 25.7. The molecule has 0 aliphatic heterocycles. The van der Waals surface area contributed by atoms with Gasteiger partial charge in [0.1, 0.15) is 17.0 Å². The largest absolute Gasteiger partial charge is 0.383 e. The van der Waals surface area contributed by atoms with Crippen LogP contribution >= 0.6 is 11.8 Å². The number of aryl methyl sites for hydroxylation is 2. The molecule has 190 valence electrons. The lowest BCUT2D eigenvalue weighted by atomic mass is 10.1. The molecule has 0 aliphatic carbocycles. The number of ether oxygens (including phenoxy) is 1. The van der Waals surface area contributed by atoms with Gasteiger partial charge in [0.25, 0.3) is 5.91 Å². The molecule has 1 amide bonds. The SMILES string of the molecule is CCSc1nc(NCCOC)c2cnn(CCNC(=O)c3cn(CC)c4nc(C)ccc4c3=O)c2n1. The Labute approximate surface area is 212 Å². The summed E-state index contributed by atoms with van der Waals surface area (Å²) < 4.78 is 8.68. The number of anilines is 1. The maximum absolute atomic E-state index is 13.0. The van der Waals surface area contributed by atoms with Gasteiger partial charge in [-0.05, 0) is 31.7 Å². The Morgan fingerprint density at radius 1 is 1.11 bits per heavy atom. The Balaban J connectivity index is 1.53. The Kier molecular flexibility index (Phi) is 8.16. The van der Waals surface area contributed by atoms with Crippen LogP contribution in [0.4, 0.5) is 5.82 Å². The summed E-state index contributed by atoms with van der Waals surface area (Å²) in [6, 6.07) is 3.50. The molecule has 0 saturated carbocycles. The third-order valence-corrected chi connectivity index (χ3v) is 6.33. The first kappa shape index (κ1) is 25.6. The first-order valence-electron chi connectivity index (χ1n) is 11.8. The van der Waals surface area contributed by atoms with Crippen molar-refractivity contribution in [1.82, 2.24) is 34.6 Å². The third-order valence-electron chi connectivity index (χ3n) is 5.60. The van der Waals surface area contributed by atoms with Crippen LogP contribution in [0.15, 0.2) is 34.5 Å². The fraction of sp³-hybridized carbons (Fsp3) is 0.417. The highest BCUT2D eigenvalue weighted by Crippen LogP contribution is 2.24. The van der Waals surface area contributed by atoms with E-state index in [4.69, 9.17) is 4.74 Å². The van der Waals surface area contributed by atoms with Crippen molar-refractivity contribution in [2.45, 2.75) is 39.0 Å². The van der Waals surface area contributed by atoms with Gasteiger partial charge in [-0.3, -0.25) is 9.59 Å². The third kappa shape index (κ3) is 5.34. The second kappa shape index (κ2) is 11.5. The van der Waals surface area contributed by atoms with Crippen molar-refractivity contribution in [2.75, 3.05) is 37.9 Å². The molecule has 12 heteroatoms. The van der Waals surface area contributed by atoms with E-state index in [9.17, 15) is 9.59 Å². The zero-order valence-electron chi connectivity index (χ0n) is 20.9. The number of aromatic nitrogens is 6. The summed E-state index contributed by atoms with van der Waals surface area (Å²) in [5, 5.41) is 12.5. The normalized spacial score (nSPS) is 11.3. The number of carbonyl (C=O) groups excluding carboxylic acids is 1. The molecule has 0 fully saturated rings. The molecule has 4 rings (SSSR count). The van der Waals surface area contributed by atoms with Crippen LogP contribution in [-0.4, -0.2) is 67.8 Å². The highest BCUT2D eigenvalue weighted by Gasteiger charge is 2.17. The van der Waals surface area contributed by atoms with E-state index in [-0.39, 0.29) is 17.5 Å². The molecule has 4 heterocycles. The first-order chi connectivity index (χ1) is 17.5. The van der Waals surface area contributed by atoms with E-state index in [2.05, 4.69) is 30.7 Å². The van der Waals surface area contributed by atoms with Crippen molar-refractivity contribution in [3.8, 4) is 0 Å². The summed E-state index contributed by atoms with van der Waals surface area (Å²) >= 11 is 1.54. The van der Waals surface area contributed by atoms with Gasteiger partial charge in [0.15, 0.2) is 10.8 Å². The summed E-state index contributed by atoms with van der Waals surface area (Å²) in [4.78, 5) is 39.7. The predicted octanol–water partition coefficient (Wildman–Crippen LogP) is 2.46. The Bertz CT molecular complexity index is 1450. The second-order valence-electron chi connectivity index (χ2n) is 8.05. The first-order valence-corrected chi connectivity index (χ1v) is 12.8. The van der Waals surface area contributed by atoms with Gasteiger partial charge in [-0.15, -0.1) is 0 Å². The molecule has 0 radical (unpaired) electrons. The molecular weight excluding hydrogens is 480 g/mol. The number of nitrogens with one attached hydrogen (secondary N) is 2. The summed E-state index contributed by atoms with van der Waals surface area (Å²) in [6.07, 6.45) is 3.29. The summed E-state index contributed by atoms with van der Waals surface area (Å²) in [6.45, 7) is 8.27. The number of amides is 1. The summed E-state index contributed by atoms with van der Waals surface area (Å²) in [7, 11) is 1.65. The smallest absolute Gasteiger partial charge is 0.256 e. The lowest BCUT2D eigenvalue weighted by Gasteiger charge is -2.12. The second-order valence-corrected chi connectivity index (χ2v) is 9.28. The van der Waals surface area contributed by atoms with Crippen LogP contribution in [0.25, 0.3) is 22.1 Å². The lowest BCUT2D eigenvalue weighted by Crippen LogP contribution is -2.32. The van der Waals surface area contributed by atoms with Crippen LogP contribution in [-0.2, 0) is 17.8 Å². The van der Waals surface area contributed by atoms with Crippen LogP contribution in [0.2, 0.25) is 0 Å². The standard InChI is InChI=1S/C24H30N8O3S/c1-5-31-14-18(19(33)16-8-7-15(3)28-21(16)31)23(34)26-9-11-32-22-17(13-27-32)20(25-10-12-35-4)29-24(30-22)36-6-2/h7-8,13-14H,5-6,9-12H2,1-4H3,(H,26,34)(H,25,29,30). The number of rotatable bonds is 11. The van der Waals surface area contributed by atoms with Gasteiger partial charge in [-0.25, -0.2) is 19.6 Å². The topological polar surface area (TPSA) is 129 Å². The quantitative estimate of drug-likeness (QED) is 0.178. The van der Waals surface area contributed by atoms with Crippen molar-refractivity contribution < 1.29 is 9.53 Å². The number of methoxy groups -OCH3 is 1. The fourth-order valence-electron chi connectivity index (χ4n) is 3.83. The van der Waals surface area contributed by atoms with Crippen molar-refractivity contribution in [3.63, 3.8) is 0 Å². The van der Waals surface area contributed by atoms with Crippen LogP contribution < -0.4 is 16.1 Å². The molecule has 0 saturated heterocycles. The van der Waals surface area contributed by atoms with Crippen molar-refractivity contribution >= 4 is 45.6 Å². The number of hydrogen-bond acceptors (Lipinski definition) is 9. The number of hydrogen-bond donors (Lipinski definition) is 2. The Morgan fingerprint density at radius 2 is 1.94 bits per heavy atom. The number of fused-ring (bicyclic) bond motifs is 2. The Morgan fingerprint density at radius 3 is 2.69 bits per heavy atom. The maximum atomic E-state index is 13.0. The van der Waals surface area contributed by atoms with E-state index in [1.165, 1.54) is 0 Å². The van der Waals surface area contributed by atoms with E-state index < -0.39 is 5.91 Å². The van der Waals surface area contributed by atoms with Gasteiger partial charge in [0, 0.05) is 38.6 Å². The minimum absolute atomic E-state index is 0.0916. The molecule has 0 aromatic carbocycles. The molecule has 36 heavy (non-hydrogen) atoms. The van der Waals surface area contributed by atoms with E-state index in [1.54, 1.807) is 48.1 Å². The number of nitrogens with zero attached hydrogens (tertiary/aromatic N) is 6. The molecule has 0 spiro atoms. The minimum Gasteiger partial charge on any atom is -0.383 e. The molecule has 11 nitrogen and oxygen atoms in total. The van der Waals surface area contributed by atoms with Crippen molar-refractivity contribution in [3.05, 3.63) is 46.0 Å². The van der Waals surface area contributed by atoms with Crippen LogP contribution in [0.1, 0.15) is 29.9 Å². The van der Waals surface area contributed by atoms with Gasteiger partial charge in [-0.2, -0.15) is 5.10 Å². The van der Waals surface area contributed by atoms with E-state index in [1.807, 2.05) is 25.3 Å². The van der Waals surface area contributed by atoms with Crippen LogP contribution in [0.5, 0.6) is 0 Å². The molecule has 2 N–H and O–H groups in total. The zero-order valence-corrected chi connectivity index (χ0v) is 21.7. The molecule has 0 aliphatic rings. The van der Waals surface area contributed by atoms with E-state index in [0.29, 0.717) is 53.9 Å².